The van der Waals surface area contributed by atoms with E-state index in [1.165, 1.54) is 12.1 Å². The van der Waals surface area contributed by atoms with Crippen LogP contribution < -0.4 is 10.2 Å². The highest BCUT2D eigenvalue weighted by atomic mass is 32.2. The number of anilines is 1. The molecule has 2 rings (SSSR count). The highest BCUT2D eigenvalue weighted by molar-refractivity contribution is 7.90. The van der Waals surface area contributed by atoms with E-state index in [0.717, 1.165) is 38.4 Å². The van der Waals surface area contributed by atoms with Gasteiger partial charge in [-0.25, -0.2) is 8.42 Å². The molecule has 0 radical (unpaired) electrons. The largest absolute Gasteiger partial charge is 0.366 e. The van der Waals surface area contributed by atoms with Crippen molar-refractivity contribution in [1.82, 2.24) is 5.32 Å². The van der Waals surface area contributed by atoms with Gasteiger partial charge in [0.25, 0.3) is 5.69 Å². The van der Waals surface area contributed by atoms with Crippen LogP contribution in [0.1, 0.15) is 6.42 Å². The first-order chi connectivity index (χ1) is 9.82. The zero-order chi connectivity index (χ0) is 15.6. The van der Waals surface area contributed by atoms with Gasteiger partial charge >= 0.3 is 0 Å². The molecule has 0 aliphatic carbocycles. The molecule has 1 aromatic rings. The summed E-state index contributed by atoms with van der Waals surface area (Å²) in [5.41, 5.74) is 0.342. The zero-order valence-corrected chi connectivity index (χ0v) is 12.9. The lowest BCUT2D eigenvalue weighted by Gasteiger charge is -2.19. The van der Waals surface area contributed by atoms with Crippen molar-refractivity contribution in [2.45, 2.75) is 11.3 Å². The van der Waals surface area contributed by atoms with Crippen LogP contribution >= 0.6 is 0 Å². The Bertz CT molecular complexity index is 645. The molecule has 0 spiro atoms. The topological polar surface area (TPSA) is 92.6 Å². The minimum Gasteiger partial charge on any atom is -0.366 e. The molecule has 1 unspecified atom stereocenters. The van der Waals surface area contributed by atoms with Gasteiger partial charge < -0.3 is 10.2 Å². The van der Waals surface area contributed by atoms with Gasteiger partial charge in [-0.1, -0.05) is 0 Å². The van der Waals surface area contributed by atoms with E-state index >= 15 is 0 Å². The second-order valence-electron chi connectivity index (χ2n) is 5.34. The first-order valence-corrected chi connectivity index (χ1v) is 8.60. The molecule has 116 valence electrons. The van der Waals surface area contributed by atoms with Gasteiger partial charge in [0.1, 0.15) is 5.69 Å². The molecular formula is C13H19N3O4S. The van der Waals surface area contributed by atoms with Gasteiger partial charge in [0.2, 0.25) is 0 Å². The van der Waals surface area contributed by atoms with Crippen LogP contribution in [0.25, 0.3) is 0 Å². The Hall–Kier alpha value is -1.67. The predicted molar refractivity (Wildman–Crippen MR) is 80.5 cm³/mol. The molecule has 1 N–H and O–H groups in total. The van der Waals surface area contributed by atoms with Crippen LogP contribution in [0.3, 0.4) is 0 Å². The Morgan fingerprint density at radius 3 is 2.76 bits per heavy atom. The molecular weight excluding hydrogens is 294 g/mol. The maximum atomic E-state index is 11.5. The summed E-state index contributed by atoms with van der Waals surface area (Å²) in [6.45, 7) is 2.34. The number of benzene rings is 1. The standard InChI is InChI=1S/C13H19N3O4S/c1-14-8-10-5-6-15(9-10)12-4-3-11(21(2,19)20)7-13(12)16(17)18/h3-4,7,10,14H,5-6,8-9H2,1-2H3. The Morgan fingerprint density at radius 1 is 1.48 bits per heavy atom. The normalized spacial score (nSPS) is 19.0. The van der Waals surface area contributed by atoms with Gasteiger partial charge in [-0.3, -0.25) is 10.1 Å². The third kappa shape index (κ3) is 3.51. The van der Waals surface area contributed by atoms with Gasteiger partial charge in [0, 0.05) is 25.4 Å². The molecule has 21 heavy (non-hydrogen) atoms. The molecule has 1 fully saturated rings. The summed E-state index contributed by atoms with van der Waals surface area (Å²) in [6.07, 6.45) is 2.01. The summed E-state index contributed by atoms with van der Waals surface area (Å²) in [5, 5.41) is 14.3. The number of hydrogen-bond donors (Lipinski definition) is 1. The molecule has 7 nitrogen and oxygen atoms in total. The smallest absolute Gasteiger partial charge is 0.293 e. The van der Waals surface area contributed by atoms with Crippen molar-refractivity contribution >= 4 is 21.2 Å². The first kappa shape index (κ1) is 15.7. The van der Waals surface area contributed by atoms with Crippen molar-refractivity contribution < 1.29 is 13.3 Å². The lowest BCUT2D eigenvalue weighted by atomic mass is 10.1. The molecule has 1 aliphatic rings. The highest BCUT2D eigenvalue weighted by Gasteiger charge is 2.28. The van der Waals surface area contributed by atoms with Crippen molar-refractivity contribution in [3.63, 3.8) is 0 Å². The number of rotatable bonds is 5. The molecule has 0 bridgehead atoms. The van der Waals surface area contributed by atoms with Crippen LogP contribution in [0.2, 0.25) is 0 Å². The summed E-state index contributed by atoms with van der Waals surface area (Å²) < 4.78 is 23.1. The molecule has 1 saturated heterocycles. The van der Waals surface area contributed by atoms with Gasteiger partial charge in [0.15, 0.2) is 9.84 Å². The highest BCUT2D eigenvalue weighted by Crippen LogP contribution is 2.33. The van der Waals surface area contributed by atoms with E-state index in [4.69, 9.17) is 0 Å². The van der Waals surface area contributed by atoms with E-state index < -0.39 is 14.8 Å². The maximum Gasteiger partial charge on any atom is 0.293 e. The van der Waals surface area contributed by atoms with Crippen molar-refractivity contribution in [2.24, 2.45) is 5.92 Å². The minimum atomic E-state index is -3.45. The predicted octanol–water partition coefficient (Wildman–Crippen LogP) is 1.04. The summed E-state index contributed by atoms with van der Waals surface area (Å²) in [5.74, 6) is 0.448. The number of hydrogen-bond acceptors (Lipinski definition) is 6. The van der Waals surface area contributed by atoms with E-state index in [1.54, 1.807) is 0 Å². The number of nitro groups is 1. The third-order valence-corrected chi connectivity index (χ3v) is 4.80. The van der Waals surface area contributed by atoms with Crippen LogP contribution in [-0.2, 0) is 9.84 Å². The summed E-state index contributed by atoms with van der Waals surface area (Å²) in [7, 11) is -1.57. The second-order valence-corrected chi connectivity index (χ2v) is 7.35. The monoisotopic (exact) mass is 313 g/mol. The molecule has 1 atom stereocenters. The zero-order valence-electron chi connectivity index (χ0n) is 12.1. The van der Waals surface area contributed by atoms with Crippen LogP contribution in [0.5, 0.6) is 0 Å². The van der Waals surface area contributed by atoms with E-state index in [0.29, 0.717) is 11.6 Å². The SMILES string of the molecule is CNCC1CCN(c2ccc(S(C)(=O)=O)cc2[N+](=O)[O-])C1. The van der Waals surface area contributed by atoms with Crippen molar-refractivity contribution in [3.8, 4) is 0 Å². The van der Waals surface area contributed by atoms with Gasteiger partial charge in [-0.05, 0) is 38.1 Å². The summed E-state index contributed by atoms with van der Waals surface area (Å²) in [4.78, 5) is 12.6. The van der Waals surface area contributed by atoms with Crippen LogP contribution in [0, 0.1) is 16.0 Å². The first-order valence-electron chi connectivity index (χ1n) is 6.71. The lowest BCUT2D eigenvalue weighted by Crippen LogP contribution is -2.24. The van der Waals surface area contributed by atoms with Crippen LogP contribution in [0.4, 0.5) is 11.4 Å². The number of nitrogens with zero attached hydrogens (tertiary/aromatic N) is 2. The molecule has 0 saturated carbocycles. The van der Waals surface area contributed by atoms with Crippen molar-refractivity contribution in [3.05, 3.63) is 28.3 Å². The fourth-order valence-electron chi connectivity index (χ4n) is 2.65. The van der Waals surface area contributed by atoms with Gasteiger partial charge in [-0.15, -0.1) is 0 Å². The molecule has 1 heterocycles. The van der Waals surface area contributed by atoms with Crippen LogP contribution in [-0.4, -0.2) is 46.3 Å². The number of sulfone groups is 1. The lowest BCUT2D eigenvalue weighted by molar-refractivity contribution is -0.384. The number of nitrogens with one attached hydrogen (secondary N) is 1. The molecule has 8 heteroatoms. The quantitative estimate of drug-likeness (QED) is 0.645. The van der Waals surface area contributed by atoms with Crippen molar-refractivity contribution in [1.29, 1.82) is 0 Å². The maximum absolute atomic E-state index is 11.5. The van der Waals surface area contributed by atoms with Gasteiger partial charge in [-0.2, -0.15) is 0 Å². The summed E-state index contributed by atoms with van der Waals surface area (Å²) >= 11 is 0. The van der Waals surface area contributed by atoms with E-state index in [-0.39, 0.29) is 10.6 Å². The average molecular weight is 313 g/mol. The Morgan fingerprint density at radius 2 is 2.19 bits per heavy atom. The third-order valence-electron chi connectivity index (χ3n) is 3.69. The second kappa shape index (κ2) is 5.98. The minimum absolute atomic E-state index is 0.0241. The number of nitro benzene ring substituents is 1. The Kier molecular flexibility index (Phi) is 4.48. The molecule has 1 aromatic carbocycles. The van der Waals surface area contributed by atoms with E-state index in [2.05, 4.69) is 5.32 Å². The molecule has 0 amide bonds. The van der Waals surface area contributed by atoms with Crippen molar-refractivity contribution in [2.75, 3.05) is 37.8 Å². The fourth-order valence-corrected chi connectivity index (χ4v) is 3.30. The van der Waals surface area contributed by atoms with E-state index in [9.17, 15) is 18.5 Å². The Labute approximate surface area is 124 Å². The van der Waals surface area contributed by atoms with Gasteiger partial charge in [0.05, 0.1) is 9.82 Å². The molecule has 1 aliphatic heterocycles. The van der Waals surface area contributed by atoms with Crippen LogP contribution in [0.15, 0.2) is 23.1 Å². The molecule has 0 aromatic heterocycles. The fraction of sp³-hybridized carbons (Fsp3) is 0.538. The average Bonchev–Trinajstić information content (AvgIpc) is 2.86. The Balaban J connectivity index is 2.34. The summed E-state index contributed by atoms with van der Waals surface area (Å²) in [6, 6.07) is 4.12. The van der Waals surface area contributed by atoms with E-state index in [1.807, 2.05) is 11.9 Å².